The summed E-state index contributed by atoms with van der Waals surface area (Å²) in [4.78, 5) is 12.7. The van der Waals surface area contributed by atoms with Gasteiger partial charge in [0.15, 0.2) is 0 Å². The maximum atomic E-state index is 12.8. The molecule has 0 bridgehead atoms. The molecule has 0 saturated carbocycles. The summed E-state index contributed by atoms with van der Waals surface area (Å²) in [5.74, 6) is -0.332. The van der Waals surface area contributed by atoms with E-state index in [1.54, 1.807) is 31.2 Å². The first-order valence-electron chi connectivity index (χ1n) is 8.97. The molecule has 6 heteroatoms. The van der Waals surface area contributed by atoms with Crippen LogP contribution in [-0.2, 0) is 10.0 Å². The quantitative estimate of drug-likeness (QED) is 0.794. The maximum absolute atomic E-state index is 12.8. The molecule has 145 valence electrons. The molecule has 0 atom stereocenters. The zero-order valence-corrected chi connectivity index (χ0v) is 16.9. The van der Waals surface area contributed by atoms with Crippen LogP contribution in [0.15, 0.2) is 71.2 Å². The zero-order valence-electron chi connectivity index (χ0n) is 16.1. The lowest BCUT2D eigenvalue weighted by molar-refractivity contribution is 0.0958. The van der Waals surface area contributed by atoms with Crippen LogP contribution in [0.25, 0.3) is 0 Å². The van der Waals surface area contributed by atoms with Crippen LogP contribution >= 0.6 is 0 Å². The van der Waals surface area contributed by atoms with Crippen molar-refractivity contribution in [2.24, 2.45) is 0 Å². The number of amides is 1. The van der Waals surface area contributed by atoms with E-state index in [2.05, 4.69) is 10.0 Å². The molecule has 0 heterocycles. The third-order valence-electron chi connectivity index (χ3n) is 4.44. The summed E-state index contributed by atoms with van der Waals surface area (Å²) in [7, 11) is -3.81. The van der Waals surface area contributed by atoms with Gasteiger partial charge in [0, 0.05) is 11.3 Å². The Morgan fingerprint density at radius 3 is 2.39 bits per heavy atom. The number of hydrogen-bond acceptors (Lipinski definition) is 3. The Morgan fingerprint density at radius 1 is 1.00 bits per heavy atom. The van der Waals surface area contributed by atoms with E-state index in [1.165, 1.54) is 6.07 Å². The Labute approximate surface area is 166 Å². The van der Waals surface area contributed by atoms with E-state index in [0.29, 0.717) is 23.2 Å². The molecule has 0 saturated heterocycles. The van der Waals surface area contributed by atoms with Crippen molar-refractivity contribution < 1.29 is 13.2 Å². The van der Waals surface area contributed by atoms with Crippen LogP contribution in [-0.4, -0.2) is 14.3 Å². The number of allylic oxidation sites excluding steroid dienone is 2. The molecule has 3 rings (SSSR count). The summed E-state index contributed by atoms with van der Waals surface area (Å²) in [6.45, 7) is 5.59. The van der Waals surface area contributed by atoms with Crippen molar-refractivity contribution >= 4 is 21.6 Å². The first-order valence-corrected chi connectivity index (χ1v) is 10.4. The average Bonchev–Trinajstić information content (AvgIpc) is 2.63. The number of carbonyl (C=O) groups excluding carboxylic acids is 1. The van der Waals surface area contributed by atoms with Crippen LogP contribution < -0.4 is 10.0 Å². The Hall–Kier alpha value is -2.86. The summed E-state index contributed by atoms with van der Waals surface area (Å²) < 4.78 is 28.3. The number of anilines is 1. The van der Waals surface area contributed by atoms with Gasteiger partial charge in [-0.05, 0) is 57.0 Å². The molecule has 0 spiro atoms. The Bertz CT molecular complexity index is 1050. The van der Waals surface area contributed by atoms with E-state index < -0.39 is 10.0 Å². The third kappa shape index (κ3) is 4.70. The van der Waals surface area contributed by atoms with E-state index >= 15 is 0 Å². The van der Waals surface area contributed by atoms with Gasteiger partial charge in [-0.15, -0.1) is 0 Å². The Balaban J connectivity index is 1.83. The minimum Gasteiger partial charge on any atom is -0.340 e. The van der Waals surface area contributed by atoms with E-state index in [0.717, 1.165) is 17.2 Å². The second-order valence-corrected chi connectivity index (χ2v) is 8.58. The van der Waals surface area contributed by atoms with Gasteiger partial charge in [0.2, 0.25) is 0 Å². The van der Waals surface area contributed by atoms with Crippen LogP contribution in [0.1, 0.15) is 34.8 Å². The highest BCUT2D eigenvalue weighted by atomic mass is 32.2. The summed E-state index contributed by atoms with van der Waals surface area (Å²) >= 11 is 0. The molecule has 1 aliphatic carbocycles. The SMILES string of the molecule is CC1=C[C](NC(=O)c2ccc(C)c(S(=O)(=O)Nc3ccc(C)cc3)c2)CC=C1. The molecule has 2 aromatic carbocycles. The fourth-order valence-electron chi connectivity index (χ4n) is 2.92. The molecule has 28 heavy (non-hydrogen) atoms. The molecular formula is C22H23N2O3S. The fraction of sp³-hybridized carbons (Fsp3) is 0.182. The van der Waals surface area contributed by atoms with Crippen LogP contribution in [0.4, 0.5) is 5.69 Å². The Morgan fingerprint density at radius 2 is 1.71 bits per heavy atom. The lowest BCUT2D eigenvalue weighted by Gasteiger charge is -2.17. The molecule has 2 N–H and O–H groups in total. The van der Waals surface area contributed by atoms with Crippen molar-refractivity contribution in [1.82, 2.24) is 5.32 Å². The first-order chi connectivity index (χ1) is 13.2. The lowest BCUT2D eigenvalue weighted by Crippen LogP contribution is -2.28. The first kappa shape index (κ1) is 19.9. The zero-order chi connectivity index (χ0) is 20.3. The van der Waals surface area contributed by atoms with Crippen LogP contribution in [0, 0.1) is 19.9 Å². The number of carbonyl (C=O) groups is 1. The number of nitrogens with one attached hydrogen (secondary N) is 2. The van der Waals surface area contributed by atoms with Gasteiger partial charge in [0.05, 0.1) is 10.9 Å². The predicted octanol–water partition coefficient (Wildman–Crippen LogP) is 4.27. The maximum Gasteiger partial charge on any atom is 0.262 e. The largest absolute Gasteiger partial charge is 0.340 e. The van der Waals surface area contributed by atoms with Gasteiger partial charge in [-0.25, -0.2) is 8.42 Å². The van der Waals surface area contributed by atoms with Gasteiger partial charge in [0.1, 0.15) is 0 Å². The smallest absolute Gasteiger partial charge is 0.262 e. The molecule has 0 aromatic heterocycles. The second-order valence-electron chi connectivity index (χ2n) is 6.93. The van der Waals surface area contributed by atoms with Crippen molar-refractivity contribution in [3.8, 4) is 0 Å². The van der Waals surface area contributed by atoms with Crippen LogP contribution in [0.3, 0.4) is 0 Å². The molecule has 5 nitrogen and oxygen atoms in total. The molecular weight excluding hydrogens is 372 g/mol. The van der Waals surface area contributed by atoms with Gasteiger partial charge >= 0.3 is 0 Å². The Kier molecular flexibility index (Phi) is 5.70. The standard InChI is InChI=1S/C22H23N2O3S/c1-15-7-11-19(12-8-15)24-28(26,27)21-14-18(10-9-17(21)3)22(25)23-20-6-4-5-16(2)13-20/h4-5,7-14,24H,6H2,1-3H3,(H,23,25). The van der Waals surface area contributed by atoms with E-state index in [9.17, 15) is 13.2 Å². The molecule has 1 aliphatic rings. The highest BCUT2D eigenvalue weighted by Crippen LogP contribution is 2.22. The molecule has 0 unspecified atom stereocenters. The number of rotatable bonds is 5. The number of aryl methyl sites for hydroxylation is 2. The van der Waals surface area contributed by atoms with Gasteiger partial charge in [-0.3, -0.25) is 9.52 Å². The topological polar surface area (TPSA) is 75.3 Å². The minimum absolute atomic E-state index is 0.0842. The molecule has 0 aliphatic heterocycles. The van der Waals surface area contributed by atoms with E-state index in [-0.39, 0.29) is 10.8 Å². The third-order valence-corrected chi connectivity index (χ3v) is 5.96. The molecule has 1 radical (unpaired) electrons. The van der Waals surface area contributed by atoms with Gasteiger partial charge in [-0.1, -0.05) is 47.6 Å². The molecule has 1 amide bonds. The van der Waals surface area contributed by atoms with Gasteiger partial charge in [0.25, 0.3) is 15.9 Å². The van der Waals surface area contributed by atoms with E-state index in [4.69, 9.17) is 0 Å². The number of sulfonamides is 1. The minimum atomic E-state index is -3.81. The van der Waals surface area contributed by atoms with Crippen LogP contribution in [0.5, 0.6) is 0 Å². The summed E-state index contributed by atoms with van der Waals surface area (Å²) in [6, 6.07) is 12.6. The fourth-order valence-corrected chi connectivity index (χ4v) is 4.25. The highest BCUT2D eigenvalue weighted by Gasteiger charge is 2.20. The van der Waals surface area contributed by atoms with Gasteiger partial charge in [-0.2, -0.15) is 0 Å². The van der Waals surface area contributed by atoms with Crippen molar-refractivity contribution in [1.29, 1.82) is 0 Å². The normalized spacial score (nSPS) is 14.5. The van der Waals surface area contributed by atoms with Crippen molar-refractivity contribution in [2.45, 2.75) is 32.1 Å². The monoisotopic (exact) mass is 395 g/mol. The van der Waals surface area contributed by atoms with Gasteiger partial charge < -0.3 is 5.32 Å². The highest BCUT2D eigenvalue weighted by molar-refractivity contribution is 7.92. The van der Waals surface area contributed by atoms with E-state index in [1.807, 2.05) is 44.2 Å². The predicted molar refractivity (Wildman–Crippen MR) is 111 cm³/mol. The second kappa shape index (κ2) is 8.02. The molecule has 2 aromatic rings. The summed E-state index contributed by atoms with van der Waals surface area (Å²) in [5.41, 5.74) is 3.43. The van der Waals surface area contributed by atoms with Crippen molar-refractivity contribution in [3.63, 3.8) is 0 Å². The van der Waals surface area contributed by atoms with Crippen molar-refractivity contribution in [2.75, 3.05) is 4.72 Å². The molecule has 0 fully saturated rings. The summed E-state index contributed by atoms with van der Waals surface area (Å²) in [5, 5.41) is 2.85. The van der Waals surface area contributed by atoms with Crippen LogP contribution in [0.2, 0.25) is 0 Å². The number of benzene rings is 2. The van der Waals surface area contributed by atoms with Crippen molar-refractivity contribution in [3.05, 3.63) is 89.0 Å². The lowest BCUT2D eigenvalue weighted by atomic mass is 10.0. The average molecular weight is 396 g/mol. The number of hydrogen-bond donors (Lipinski definition) is 2. The summed E-state index contributed by atoms with van der Waals surface area (Å²) in [6.07, 6.45) is 6.50.